The summed E-state index contributed by atoms with van der Waals surface area (Å²) in [5.41, 5.74) is 1.40. The molecule has 1 fully saturated rings. The first-order chi connectivity index (χ1) is 7.77. The van der Waals surface area contributed by atoms with Gasteiger partial charge in [0.1, 0.15) is 0 Å². The molecule has 0 saturated heterocycles. The molecule has 0 aromatic heterocycles. The number of rotatable bonds is 3. The molecule has 1 aromatic carbocycles. The van der Waals surface area contributed by atoms with Gasteiger partial charge >= 0.3 is 0 Å². The Labute approximate surface area is 99.3 Å². The van der Waals surface area contributed by atoms with Crippen LogP contribution in [0.5, 0.6) is 0 Å². The second kappa shape index (κ2) is 5.49. The van der Waals surface area contributed by atoms with Gasteiger partial charge in [-0.3, -0.25) is 0 Å². The standard InChI is InChI=1S/C15H23N/c1-12-8-6-7-11-15(12)16-13(2)14-9-4-3-5-10-14/h3-5,9-10,12-13,15-16H,6-8,11H2,1-2H3. The van der Waals surface area contributed by atoms with Crippen molar-refractivity contribution in [3.05, 3.63) is 35.9 Å². The third-order valence-corrected chi connectivity index (χ3v) is 3.88. The molecule has 0 spiro atoms. The molecule has 16 heavy (non-hydrogen) atoms. The first-order valence-electron chi connectivity index (χ1n) is 6.58. The van der Waals surface area contributed by atoms with E-state index in [-0.39, 0.29) is 0 Å². The molecule has 3 atom stereocenters. The minimum atomic E-state index is 0.478. The van der Waals surface area contributed by atoms with Gasteiger partial charge in [-0.05, 0) is 31.2 Å². The highest BCUT2D eigenvalue weighted by Crippen LogP contribution is 2.26. The lowest BCUT2D eigenvalue weighted by Crippen LogP contribution is -2.38. The highest BCUT2D eigenvalue weighted by atomic mass is 15.0. The lowest BCUT2D eigenvalue weighted by atomic mass is 9.85. The fraction of sp³-hybridized carbons (Fsp3) is 0.600. The Balaban J connectivity index is 1.94. The molecule has 1 saturated carbocycles. The molecule has 0 bridgehead atoms. The third kappa shape index (κ3) is 2.85. The van der Waals surface area contributed by atoms with Crippen LogP contribution in [0.1, 0.15) is 51.1 Å². The van der Waals surface area contributed by atoms with Crippen molar-refractivity contribution in [2.24, 2.45) is 5.92 Å². The van der Waals surface area contributed by atoms with Crippen molar-refractivity contribution < 1.29 is 0 Å². The normalized spacial score (nSPS) is 27.6. The molecule has 0 radical (unpaired) electrons. The monoisotopic (exact) mass is 217 g/mol. The van der Waals surface area contributed by atoms with Crippen molar-refractivity contribution in [2.45, 2.75) is 51.6 Å². The maximum atomic E-state index is 3.78. The summed E-state index contributed by atoms with van der Waals surface area (Å²) in [6.45, 7) is 4.66. The predicted molar refractivity (Wildman–Crippen MR) is 69.4 cm³/mol. The minimum Gasteiger partial charge on any atom is -0.307 e. The van der Waals surface area contributed by atoms with Crippen LogP contribution in [0.2, 0.25) is 0 Å². The van der Waals surface area contributed by atoms with Crippen LogP contribution in [0.3, 0.4) is 0 Å². The Morgan fingerprint density at radius 1 is 1.12 bits per heavy atom. The van der Waals surface area contributed by atoms with Gasteiger partial charge in [0.25, 0.3) is 0 Å². The zero-order chi connectivity index (χ0) is 11.4. The van der Waals surface area contributed by atoms with E-state index in [0.717, 1.165) is 5.92 Å². The van der Waals surface area contributed by atoms with Gasteiger partial charge in [0.15, 0.2) is 0 Å². The SMILES string of the molecule is CC(NC1CCCCC1C)c1ccccc1. The van der Waals surface area contributed by atoms with Gasteiger partial charge in [-0.25, -0.2) is 0 Å². The molecule has 1 N–H and O–H groups in total. The van der Waals surface area contributed by atoms with Crippen LogP contribution in [0.25, 0.3) is 0 Å². The van der Waals surface area contributed by atoms with Crippen molar-refractivity contribution in [1.29, 1.82) is 0 Å². The van der Waals surface area contributed by atoms with E-state index < -0.39 is 0 Å². The number of hydrogen-bond donors (Lipinski definition) is 1. The minimum absolute atomic E-state index is 0.478. The Hall–Kier alpha value is -0.820. The Bertz CT molecular complexity index is 306. The van der Waals surface area contributed by atoms with Crippen LogP contribution >= 0.6 is 0 Å². The Morgan fingerprint density at radius 3 is 2.50 bits per heavy atom. The molecular weight excluding hydrogens is 194 g/mol. The molecule has 1 aliphatic rings. The van der Waals surface area contributed by atoms with Gasteiger partial charge in [-0.15, -0.1) is 0 Å². The maximum Gasteiger partial charge on any atom is 0.0294 e. The van der Waals surface area contributed by atoms with Crippen LogP contribution in [0.4, 0.5) is 0 Å². The lowest BCUT2D eigenvalue weighted by molar-refractivity contribution is 0.263. The third-order valence-electron chi connectivity index (χ3n) is 3.88. The molecule has 0 amide bonds. The van der Waals surface area contributed by atoms with E-state index in [4.69, 9.17) is 0 Å². The van der Waals surface area contributed by atoms with Gasteiger partial charge in [-0.2, -0.15) is 0 Å². The van der Waals surface area contributed by atoms with E-state index in [1.807, 2.05) is 0 Å². The first-order valence-corrected chi connectivity index (χ1v) is 6.58. The second-order valence-corrected chi connectivity index (χ2v) is 5.17. The van der Waals surface area contributed by atoms with Crippen LogP contribution < -0.4 is 5.32 Å². The molecule has 0 heterocycles. The van der Waals surface area contributed by atoms with Crippen molar-refractivity contribution in [3.8, 4) is 0 Å². The number of benzene rings is 1. The van der Waals surface area contributed by atoms with Crippen LogP contribution in [0.15, 0.2) is 30.3 Å². The summed E-state index contributed by atoms with van der Waals surface area (Å²) in [5.74, 6) is 0.833. The zero-order valence-electron chi connectivity index (χ0n) is 10.4. The fourth-order valence-corrected chi connectivity index (χ4v) is 2.72. The van der Waals surface area contributed by atoms with E-state index >= 15 is 0 Å². The molecular formula is C15H23N. The first kappa shape index (κ1) is 11.7. The summed E-state index contributed by atoms with van der Waals surface area (Å²) in [4.78, 5) is 0. The molecule has 1 heteroatoms. The maximum absolute atomic E-state index is 3.78. The highest BCUT2D eigenvalue weighted by molar-refractivity contribution is 5.18. The summed E-state index contributed by atoms with van der Waals surface area (Å²) < 4.78 is 0. The summed E-state index contributed by atoms with van der Waals surface area (Å²) in [7, 11) is 0. The van der Waals surface area contributed by atoms with Crippen molar-refractivity contribution in [2.75, 3.05) is 0 Å². The van der Waals surface area contributed by atoms with Gasteiger partial charge in [0.05, 0.1) is 0 Å². The second-order valence-electron chi connectivity index (χ2n) is 5.17. The summed E-state index contributed by atoms with van der Waals surface area (Å²) in [5, 5.41) is 3.78. The molecule has 2 rings (SSSR count). The quantitative estimate of drug-likeness (QED) is 0.809. The molecule has 0 aliphatic heterocycles. The predicted octanol–water partition coefficient (Wildman–Crippen LogP) is 3.92. The van der Waals surface area contributed by atoms with Gasteiger partial charge in [0.2, 0.25) is 0 Å². The summed E-state index contributed by atoms with van der Waals surface area (Å²) in [6, 6.07) is 11.9. The van der Waals surface area contributed by atoms with E-state index in [0.29, 0.717) is 12.1 Å². The molecule has 3 unspecified atom stereocenters. The number of nitrogens with one attached hydrogen (secondary N) is 1. The summed E-state index contributed by atoms with van der Waals surface area (Å²) >= 11 is 0. The topological polar surface area (TPSA) is 12.0 Å². The van der Waals surface area contributed by atoms with E-state index in [1.54, 1.807) is 0 Å². The smallest absolute Gasteiger partial charge is 0.0294 e. The Kier molecular flexibility index (Phi) is 4.00. The zero-order valence-corrected chi connectivity index (χ0v) is 10.4. The summed E-state index contributed by atoms with van der Waals surface area (Å²) in [6.07, 6.45) is 5.54. The van der Waals surface area contributed by atoms with E-state index in [2.05, 4.69) is 49.5 Å². The molecule has 1 aromatic rings. The van der Waals surface area contributed by atoms with Gasteiger partial charge in [0, 0.05) is 12.1 Å². The molecule has 1 nitrogen and oxygen atoms in total. The van der Waals surface area contributed by atoms with Crippen LogP contribution in [-0.2, 0) is 0 Å². The fourth-order valence-electron chi connectivity index (χ4n) is 2.72. The lowest BCUT2D eigenvalue weighted by Gasteiger charge is -2.32. The molecule has 1 aliphatic carbocycles. The average molecular weight is 217 g/mol. The largest absolute Gasteiger partial charge is 0.307 e. The van der Waals surface area contributed by atoms with Crippen molar-refractivity contribution >= 4 is 0 Å². The highest BCUT2D eigenvalue weighted by Gasteiger charge is 2.22. The average Bonchev–Trinajstić information content (AvgIpc) is 2.33. The van der Waals surface area contributed by atoms with Gasteiger partial charge in [-0.1, -0.05) is 50.1 Å². The Morgan fingerprint density at radius 2 is 1.81 bits per heavy atom. The number of hydrogen-bond acceptors (Lipinski definition) is 1. The molecule has 88 valence electrons. The van der Waals surface area contributed by atoms with E-state index in [9.17, 15) is 0 Å². The van der Waals surface area contributed by atoms with Crippen LogP contribution in [0, 0.1) is 5.92 Å². The van der Waals surface area contributed by atoms with Crippen molar-refractivity contribution in [3.63, 3.8) is 0 Å². The van der Waals surface area contributed by atoms with E-state index in [1.165, 1.54) is 31.2 Å². The van der Waals surface area contributed by atoms with Crippen LogP contribution in [-0.4, -0.2) is 6.04 Å². The van der Waals surface area contributed by atoms with Gasteiger partial charge < -0.3 is 5.32 Å². The van der Waals surface area contributed by atoms with Crippen molar-refractivity contribution in [1.82, 2.24) is 5.32 Å².